The van der Waals surface area contributed by atoms with E-state index in [1.54, 1.807) is 24.3 Å². The summed E-state index contributed by atoms with van der Waals surface area (Å²) < 4.78 is 10.3. The van der Waals surface area contributed by atoms with Crippen LogP contribution < -0.4 is 15.4 Å². The Labute approximate surface area is 216 Å². The maximum Gasteiger partial charge on any atom is 0.251 e. The maximum absolute atomic E-state index is 12.8. The lowest BCUT2D eigenvalue weighted by atomic mass is 9.99. The number of hydrogen-bond donors (Lipinski definition) is 3. The summed E-state index contributed by atoms with van der Waals surface area (Å²) in [5.41, 5.74) is 2.09. The molecule has 3 aromatic rings. The number of aliphatic hydroxyl groups is 1. The minimum atomic E-state index is -1.48. The molecule has 37 heavy (non-hydrogen) atoms. The van der Waals surface area contributed by atoms with Crippen LogP contribution in [0.25, 0.3) is 0 Å². The molecule has 0 aromatic heterocycles. The molecule has 0 radical (unpaired) electrons. The van der Waals surface area contributed by atoms with Crippen molar-refractivity contribution in [3.05, 3.63) is 102 Å². The summed E-state index contributed by atoms with van der Waals surface area (Å²) in [5.74, 6) is -0.922. The van der Waals surface area contributed by atoms with E-state index in [4.69, 9.17) is 9.47 Å². The van der Waals surface area contributed by atoms with Crippen molar-refractivity contribution in [3.63, 3.8) is 0 Å². The summed E-state index contributed by atoms with van der Waals surface area (Å²) in [6, 6.07) is 24.5. The molecule has 3 aromatic carbocycles. The van der Waals surface area contributed by atoms with Crippen LogP contribution in [0.1, 0.15) is 34.3 Å². The number of rotatable bonds is 14. The zero-order valence-corrected chi connectivity index (χ0v) is 20.8. The van der Waals surface area contributed by atoms with Crippen molar-refractivity contribution < 1.29 is 29.0 Å². The Bertz CT molecular complexity index is 1150. The van der Waals surface area contributed by atoms with Crippen LogP contribution in [0.5, 0.6) is 5.75 Å². The van der Waals surface area contributed by atoms with Gasteiger partial charge in [-0.1, -0.05) is 72.8 Å². The Balaban J connectivity index is 1.62. The summed E-state index contributed by atoms with van der Waals surface area (Å²) in [6.07, 6.45) is -1.41. The first kappa shape index (κ1) is 27.6. The average Bonchev–Trinajstić information content (AvgIpc) is 2.94. The zero-order valence-electron chi connectivity index (χ0n) is 20.8. The van der Waals surface area contributed by atoms with Gasteiger partial charge in [0.05, 0.1) is 11.6 Å². The highest BCUT2D eigenvalue weighted by molar-refractivity contribution is 6.00. The minimum absolute atomic E-state index is 0.00380. The number of carbonyl (C=O) groups excluding carboxylic acids is 3. The highest BCUT2D eigenvalue weighted by Gasteiger charge is 2.28. The second kappa shape index (κ2) is 14.5. The molecule has 8 nitrogen and oxygen atoms in total. The van der Waals surface area contributed by atoms with E-state index < -0.39 is 24.0 Å². The molecule has 0 aliphatic rings. The second-order valence-corrected chi connectivity index (χ2v) is 8.48. The van der Waals surface area contributed by atoms with Gasteiger partial charge in [-0.25, -0.2) is 0 Å². The summed E-state index contributed by atoms with van der Waals surface area (Å²) in [7, 11) is 1.48. The van der Waals surface area contributed by atoms with Crippen LogP contribution >= 0.6 is 0 Å². The first-order valence-electron chi connectivity index (χ1n) is 12.0. The minimum Gasteiger partial charge on any atom is -0.467 e. The number of nitrogens with one attached hydrogen (secondary N) is 2. The van der Waals surface area contributed by atoms with Gasteiger partial charge in [-0.05, 0) is 29.7 Å². The lowest BCUT2D eigenvalue weighted by Crippen LogP contribution is -2.51. The van der Waals surface area contributed by atoms with Crippen LogP contribution in [-0.2, 0) is 27.3 Å². The molecule has 0 saturated heterocycles. The van der Waals surface area contributed by atoms with Gasteiger partial charge < -0.3 is 25.2 Å². The molecule has 0 fully saturated rings. The quantitative estimate of drug-likeness (QED) is 0.230. The smallest absolute Gasteiger partial charge is 0.251 e. The molecule has 2 atom stereocenters. The Morgan fingerprint density at radius 1 is 0.838 bits per heavy atom. The Hall–Kier alpha value is -4.01. The predicted molar refractivity (Wildman–Crippen MR) is 139 cm³/mol. The van der Waals surface area contributed by atoms with Gasteiger partial charge in [0, 0.05) is 26.5 Å². The number of Topliss-reactive ketones (excluding diaryl/α,β-unsaturated/α-hetero) is 1. The second-order valence-electron chi connectivity index (χ2n) is 8.48. The van der Waals surface area contributed by atoms with Crippen LogP contribution in [0, 0.1) is 0 Å². The van der Waals surface area contributed by atoms with E-state index in [9.17, 15) is 19.5 Å². The fraction of sp³-hybridized carbons (Fsp3) is 0.276. The normalized spacial score (nSPS) is 12.3. The van der Waals surface area contributed by atoms with Gasteiger partial charge in [0.15, 0.2) is 18.7 Å². The molecular weight excluding hydrogens is 472 g/mol. The number of aliphatic hydroxyl groups excluding tert-OH is 1. The molecule has 8 heteroatoms. The van der Waals surface area contributed by atoms with Gasteiger partial charge >= 0.3 is 0 Å². The van der Waals surface area contributed by atoms with Gasteiger partial charge in [-0.3, -0.25) is 14.4 Å². The van der Waals surface area contributed by atoms with E-state index in [1.165, 1.54) is 7.11 Å². The van der Waals surface area contributed by atoms with Gasteiger partial charge in [0.1, 0.15) is 5.75 Å². The van der Waals surface area contributed by atoms with Crippen molar-refractivity contribution in [1.29, 1.82) is 0 Å². The Morgan fingerprint density at radius 2 is 1.46 bits per heavy atom. The SMILES string of the molecule is COCOc1ccccc1C(=O)CCC(=O)N[C@@H](Cc1ccccc1)[C@@H](O)C(=O)NCc1ccccc1. The Kier molecular flexibility index (Phi) is 10.8. The van der Waals surface area contributed by atoms with E-state index in [2.05, 4.69) is 10.6 Å². The largest absolute Gasteiger partial charge is 0.467 e. The van der Waals surface area contributed by atoms with Crippen molar-refractivity contribution in [2.45, 2.75) is 38.0 Å². The lowest BCUT2D eigenvalue weighted by molar-refractivity contribution is -0.132. The summed E-state index contributed by atoms with van der Waals surface area (Å²) in [5, 5.41) is 16.3. The van der Waals surface area contributed by atoms with Gasteiger partial charge in [0.25, 0.3) is 5.91 Å². The molecule has 0 saturated carbocycles. The van der Waals surface area contributed by atoms with Crippen LogP contribution in [-0.4, -0.2) is 48.8 Å². The van der Waals surface area contributed by atoms with Gasteiger partial charge in [0.2, 0.25) is 5.91 Å². The van der Waals surface area contributed by atoms with Crippen molar-refractivity contribution in [1.82, 2.24) is 10.6 Å². The number of ketones is 1. The van der Waals surface area contributed by atoms with E-state index in [0.717, 1.165) is 11.1 Å². The zero-order chi connectivity index (χ0) is 26.5. The molecule has 0 unspecified atom stereocenters. The number of ether oxygens (including phenoxy) is 2. The van der Waals surface area contributed by atoms with E-state index in [-0.39, 0.29) is 38.4 Å². The summed E-state index contributed by atoms with van der Waals surface area (Å²) >= 11 is 0. The first-order chi connectivity index (χ1) is 18.0. The van der Waals surface area contributed by atoms with Crippen molar-refractivity contribution in [2.75, 3.05) is 13.9 Å². The number of hydrogen-bond acceptors (Lipinski definition) is 6. The summed E-state index contributed by atoms with van der Waals surface area (Å²) in [4.78, 5) is 38.3. The molecule has 0 aliphatic carbocycles. The van der Waals surface area contributed by atoms with E-state index >= 15 is 0 Å². The number of amides is 2. The molecule has 0 spiro atoms. The van der Waals surface area contributed by atoms with Crippen LogP contribution in [0.4, 0.5) is 0 Å². The topological polar surface area (TPSA) is 114 Å². The number of benzene rings is 3. The van der Waals surface area contributed by atoms with E-state index in [1.807, 2.05) is 60.7 Å². The molecule has 0 heterocycles. The number of carbonyl (C=O) groups is 3. The summed E-state index contributed by atoms with van der Waals surface area (Å²) in [6.45, 7) is 0.248. The number of methoxy groups -OCH3 is 1. The molecule has 3 rings (SSSR count). The van der Waals surface area contributed by atoms with Crippen LogP contribution in [0.3, 0.4) is 0 Å². The molecule has 2 amide bonds. The monoisotopic (exact) mass is 504 g/mol. The Morgan fingerprint density at radius 3 is 2.14 bits per heavy atom. The third kappa shape index (κ3) is 8.86. The molecule has 0 aliphatic heterocycles. The van der Waals surface area contributed by atoms with Gasteiger partial charge in [-0.15, -0.1) is 0 Å². The fourth-order valence-electron chi connectivity index (χ4n) is 3.77. The van der Waals surface area contributed by atoms with Gasteiger partial charge in [-0.2, -0.15) is 0 Å². The fourth-order valence-corrected chi connectivity index (χ4v) is 3.77. The molecule has 3 N–H and O–H groups in total. The molecule has 194 valence electrons. The van der Waals surface area contributed by atoms with E-state index in [0.29, 0.717) is 11.3 Å². The van der Waals surface area contributed by atoms with Crippen molar-refractivity contribution in [3.8, 4) is 5.75 Å². The maximum atomic E-state index is 12.8. The average molecular weight is 505 g/mol. The number of para-hydroxylation sites is 1. The highest BCUT2D eigenvalue weighted by Crippen LogP contribution is 2.20. The van der Waals surface area contributed by atoms with Crippen LogP contribution in [0.15, 0.2) is 84.9 Å². The predicted octanol–water partition coefficient (Wildman–Crippen LogP) is 3.04. The first-order valence-corrected chi connectivity index (χ1v) is 12.0. The molecule has 0 bridgehead atoms. The lowest BCUT2D eigenvalue weighted by Gasteiger charge is -2.24. The van der Waals surface area contributed by atoms with Crippen molar-refractivity contribution in [2.24, 2.45) is 0 Å². The molecular formula is C29H32N2O6. The van der Waals surface area contributed by atoms with Crippen molar-refractivity contribution >= 4 is 17.6 Å². The van der Waals surface area contributed by atoms with Crippen LogP contribution in [0.2, 0.25) is 0 Å². The standard InChI is InChI=1S/C29H32N2O6/c1-36-20-37-26-15-9-8-14-23(26)25(32)16-17-27(33)31-24(18-21-10-4-2-5-11-21)28(34)29(35)30-19-22-12-6-3-7-13-22/h2-15,24,28,34H,16-20H2,1H3,(H,30,35)(H,31,33)/t24-,28+/m0/s1. The third-order valence-corrected chi connectivity index (χ3v) is 5.70. The third-order valence-electron chi connectivity index (χ3n) is 5.70. The highest BCUT2D eigenvalue weighted by atomic mass is 16.7.